The van der Waals surface area contributed by atoms with Crippen LogP contribution in [0.15, 0.2) is 16.9 Å². The Morgan fingerprint density at radius 1 is 1.67 bits per heavy atom. The standard InChI is InChI=1S/C10H10Br2ClNO/c1-2-3-7(11)9(15)6-4-8(13)10(12)14-5-6/h4-5,7H,2-3H2,1H3. The predicted octanol–water partition coefficient (Wildman–Crippen LogP) is 4.24. The van der Waals surface area contributed by atoms with Gasteiger partial charge < -0.3 is 0 Å². The molecule has 0 fully saturated rings. The Labute approximate surface area is 111 Å². The van der Waals surface area contributed by atoms with E-state index in [-0.39, 0.29) is 10.6 Å². The Hall–Kier alpha value is 0.0700. The minimum atomic E-state index is -0.151. The van der Waals surface area contributed by atoms with Gasteiger partial charge in [-0.05, 0) is 28.4 Å². The van der Waals surface area contributed by atoms with E-state index in [0.717, 1.165) is 12.8 Å². The number of halogens is 3. The first-order valence-corrected chi connectivity index (χ1v) is 6.64. The normalized spacial score (nSPS) is 12.5. The lowest BCUT2D eigenvalue weighted by molar-refractivity contribution is 0.0988. The van der Waals surface area contributed by atoms with Crippen LogP contribution in [0.5, 0.6) is 0 Å². The lowest BCUT2D eigenvalue weighted by Crippen LogP contribution is -2.14. The first kappa shape index (κ1) is 13.1. The summed E-state index contributed by atoms with van der Waals surface area (Å²) in [5, 5.41) is 0.456. The molecule has 82 valence electrons. The van der Waals surface area contributed by atoms with E-state index in [0.29, 0.717) is 15.2 Å². The van der Waals surface area contributed by atoms with Crippen molar-refractivity contribution in [1.82, 2.24) is 4.98 Å². The summed E-state index contributed by atoms with van der Waals surface area (Å²) in [4.78, 5) is 15.7. The lowest BCUT2D eigenvalue weighted by atomic mass is 10.1. The highest BCUT2D eigenvalue weighted by molar-refractivity contribution is 9.10. The van der Waals surface area contributed by atoms with E-state index in [1.165, 1.54) is 6.20 Å². The number of carbonyl (C=O) groups excluding carboxylic acids is 1. The molecule has 2 nitrogen and oxygen atoms in total. The molecule has 1 aromatic rings. The number of rotatable bonds is 4. The number of pyridine rings is 1. The molecule has 1 atom stereocenters. The van der Waals surface area contributed by atoms with E-state index in [4.69, 9.17) is 11.6 Å². The molecule has 0 saturated carbocycles. The first-order chi connectivity index (χ1) is 7.06. The van der Waals surface area contributed by atoms with Gasteiger partial charge in [0.2, 0.25) is 0 Å². The van der Waals surface area contributed by atoms with Gasteiger partial charge in [-0.1, -0.05) is 40.9 Å². The summed E-state index contributed by atoms with van der Waals surface area (Å²) in [6.45, 7) is 2.04. The molecular formula is C10H10Br2ClNO. The Balaban J connectivity index is 2.87. The SMILES string of the molecule is CCCC(Br)C(=O)c1cnc(Br)c(Cl)c1. The summed E-state index contributed by atoms with van der Waals surface area (Å²) < 4.78 is 0.558. The highest BCUT2D eigenvalue weighted by Crippen LogP contribution is 2.22. The maximum absolute atomic E-state index is 11.8. The fraction of sp³-hybridized carbons (Fsp3) is 0.400. The van der Waals surface area contributed by atoms with Gasteiger partial charge in [-0.3, -0.25) is 4.79 Å². The molecule has 0 spiro atoms. The van der Waals surface area contributed by atoms with E-state index in [1.54, 1.807) is 6.07 Å². The molecule has 0 aliphatic heterocycles. The van der Waals surface area contributed by atoms with Crippen molar-refractivity contribution in [2.45, 2.75) is 24.6 Å². The number of Topliss-reactive ketones (excluding diaryl/α,β-unsaturated/α-hetero) is 1. The van der Waals surface area contributed by atoms with Crippen LogP contribution in [0.4, 0.5) is 0 Å². The molecule has 0 aromatic carbocycles. The van der Waals surface area contributed by atoms with Crippen molar-refractivity contribution in [2.75, 3.05) is 0 Å². The van der Waals surface area contributed by atoms with Gasteiger partial charge in [0.1, 0.15) is 4.60 Å². The number of alkyl halides is 1. The van der Waals surface area contributed by atoms with Gasteiger partial charge in [-0.25, -0.2) is 4.98 Å². The molecule has 5 heteroatoms. The second-order valence-electron chi connectivity index (χ2n) is 3.12. The second-order valence-corrected chi connectivity index (χ2v) is 5.38. The van der Waals surface area contributed by atoms with Gasteiger partial charge in [-0.2, -0.15) is 0 Å². The van der Waals surface area contributed by atoms with Gasteiger partial charge in [0.05, 0.1) is 9.85 Å². The van der Waals surface area contributed by atoms with E-state index >= 15 is 0 Å². The van der Waals surface area contributed by atoms with Crippen molar-refractivity contribution in [2.24, 2.45) is 0 Å². The van der Waals surface area contributed by atoms with Crippen molar-refractivity contribution < 1.29 is 4.79 Å². The van der Waals surface area contributed by atoms with Crippen molar-refractivity contribution in [3.63, 3.8) is 0 Å². The van der Waals surface area contributed by atoms with Crippen molar-refractivity contribution in [3.05, 3.63) is 27.5 Å². The number of carbonyl (C=O) groups is 1. The number of hydrogen-bond acceptors (Lipinski definition) is 2. The molecule has 0 radical (unpaired) electrons. The van der Waals surface area contributed by atoms with Crippen LogP contribution in [0.3, 0.4) is 0 Å². The second kappa shape index (κ2) is 5.97. The van der Waals surface area contributed by atoms with E-state index in [2.05, 4.69) is 36.8 Å². The summed E-state index contributed by atoms with van der Waals surface area (Å²) >= 11 is 12.4. The van der Waals surface area contributed by atoms with Gasteiger partial charge in [0.15, 0.2) is 5.78 Å². The fourth-order valence-electron chi connectivity index (χ4n) is 1.12. The van der Waals surface area contributed by atoms with Crippen LogP contribution < -0.4 is 0 Å². The van der Waals surface area contributed by atoms with Gasteiger partial charge >= 0.3 is 0 Å². The topological polar surface area (TPSA) is 30.0 Å². The Kier molecular flexibility index (Phi) is 5.23. The van der Waals surface area contributed by atoms with Crippen LogP contribution in [0.2, 0.25) is 5.02 Å². The Bertz CT molecular complexity index is 370. The van der Waals surface area contributed by atoms with Crippen LogP contribution in [0.25, 0.3) is 0 Å². The highest BCUT2D eigenvalue weighted by Gasteiger charge is 2.17. The molecule has 1 heterocycles. The molecule has 0 aliphatic carbocycles. The third-order valence-corrected chi connectivity index (χ3v) is 3.93. The maximum Gasteiger partial charge on any atom is 0.178 e. The quantitative estimate of drug-likeness (QED) is 0.459. The Morgan fingerprint density at radius 3 is 2.87 bits per heavy atom. The number of hydrogen-bond donors (Lipinski definition) is 0. The molecule has 0 amide bonds. The molecule has 0 aliphatic rings. The molecule has 1 unspecified atom stereocenters. The van der Waals surface area contributed by atoms with Crippen LogP contribution in [-0.4, -0.2) is 15.6 Å². The van der Waals surface area contributed by atoms with Crippen molar-refractivity contribution in [3.8, 4) is 0 Å². The molecule has 1 rings (SSSR count). The summed E-state index contributed by atoms with van der Waals surface area (Å²) in [7, 11) is 0. The summed E-state index contributed by atoms with van der Waals surface area (Å²) in [5.74, 6) is 0.0266. The van der Waals surface area contributed by atoms with Gasteiger partial charge in [-0.15, -0.1) is 0 Å². The van der Waals surface area contributed by atoms with E-state index in [1.807, 2.05) is 6.92 Å². The van der Waals surface area contributed by atoms with E-state index < -0.39 is 0 Å². The lowest BCUT2D eigenvalue weighted by Gasteiger charge is -2.07. The minimum Gasteiger partial charge on any atom is -0.293 e. The monoisotopic (exact) mass is 353 g/mol. The molecular weight excluding hydrogens is 345 g/mol. The molecule has 0 N–H and O–H groups in total. The zero-order valence-electron chi connectivity index (χ0n) is 8.14. The van der Waals surface area contributed by atoms with Crippen LogP contribution in [-0.2, 0) is 0 Å². The third-order valence-electron chi connectivity index (χ3n) is 1.91. The van der Waals surface area contributed by atoms with Crippen LogP contribution >= 0.6 is 43.5 Å². The predicted molar refractivity (Wildman–Crippen MR) is 68.9 cm³/mol. The third kappa shape index (κ3) is 3.54. The van der Waals surface area contributed by atoms with Gasteiger partial charge in [0.25, 0.3) is 0 Å². The number of nitrogens with zero attached hydrogens (tertiary/aromatic N) is 1. The van der Waals surface area contributed by atoms with Crippen molar-refractivity contribution >= 4 is 49.2 Å². The number of aromatic nitrogens is 1. The minimum absolute atomic E-state index is 0.0266. The highest BCUT2D eigenvalue weighted by atomic mass is 79.9. The fourth-order valence-corrected chi connectivity index (χ4v) is 2.23. The Morgan fingerprint density at radius 2 is 2.33 bits per heavy atom. The molecule has 1 aromatic heterocycles. The maximum atomic E-state index is 11.8. The molecule has 0 bridgehead atoms. The molecule has 15 heavy (non-hydrogen) atoms. The summed E-state index contributed by atoms with van der Waals surface area (Å²) in [6, 6.07) is 1.63. The summed E-state index contributed by atoms with van der Waals surface area (Å²) in [5.41, 5.74) is 0.540. The zero-order chi connectivity index (χ0) is 11.4. The van der Waals surface area contributed by atoms with Crippen LogP contribution in [0, 0.1) is 0 Å². The van der Waals surface area contributed by atoms with Gasteiger partial charge in [0, 0.05) is 11.8 Å². The average molecular weight is 355 g/mol. The van der Waals surface area contributed by atoms with Crippen molar-refractivity contribution in [1.29, 1.82) is 0 Å². The average Bonchev–Trinajstić information content (AvgIpc) is 2.21. The largest absolute Gasteiger partial charge is 0.293 e. The first-order valence-electron chi connectivity index (χ1n) is 4.55. The summed E-state index contributed by atoms with van der Waals surface area (Å²) in [6.07, 6.45) is 3.30. The van der Waals surface area contributed by atoms with Crippen LogP contribution in [0.1, 0.15) is 30.1 Å². The zero-order valence-corrected chi connectivity index (χ0v) is 12.1. The molecule has 0 saturated heterocycles. The van der Waals surface area contributed by atoms with E-state index in [9.17, 15) is 4.79 Å². The smallest absolute Gasteiger partial charge is 0.178 e. The number of ketones is 1.